The Kier molecular flexibility index (Phi) is 7.97. The number of H-pyrrole nitrogens is 1. The molecule has 1 aliphatic rings. The summed E-state index contributed by atoms with van der Waals surface area (Å²) in [6, 6.07) is 13.0. The fourth-order valence-electron chi connectivity index (χ4n) is 5.10. The van der Waals surface area contributed by atoms with E-state index in [0.717, 1.165) is 10.9 Å². The molecule has 0 unspecified atom stereocenters. The standard InChI is InChI=1S/C28H31FN6O4/c1-3-38-22-9-10-24-20(15-22)16-23(27(36)30-24)25(34-13-11-19(12-14-34)28(37)39-4-2)26-31-32-33-35(26)17-18-5-7-21(29)8-6-18/h5-10,15-16,19,25H,3-4,11-14,17H2,1-2H3,(H,30,36)/t25-/m0/s1. The molecule has 0 radical (unpaired) electrons. The van der Waals surface area contributed by atoms with Crippen LogP contribution in [0, 0.1) is 11.7 Å². The van der Waals surface area contributed by atoms with E-state index in [1.807, 2.05) is 31.2 Å². The molecule has 1 aliphatic heterocycles. The number of pyridine rings is 1. The highest BCUT2D eigenvalue weighted by Gasteiger charge is 2.35. The van der Waals surface area contributed by atoms with Gasteiger partial charge in [-0.3, -0.25) is 14.5 Å². The van der Waals surface area contributed by atoms with E-state index in [2.05, 4.69) is 25.4 Å². The van der Waals surface area contributed by atoms with Gasteiger partial charge in [-0.25, -0.2) is 9.07 Å². The Labute approximate surface area is 224 Å². The molecule has 5 rings (SSSR count). The summed E-state index contributed by atoms with van der Waals surface area (Å²) >= 11 is 0. The number of benzene rings is 2. The highest BCUT2D eigenvalue weighted by Crippen LogP contribution is 2.32. The van der Waals surface area contributed by atoms with Crippen molar-refractivity contribution in [2.75, 3.05) is 26.3 Å². The van der Waals surface area contributed by atoms with E-state index in [-0.39, 0.29) is 23.3 Å². The van der Waals surface area contributed by atoms with Crippen molar-refractivity contribution in [3.05, 3.63) is 81.7 Å². The summed E-state index contributed by atoms with van der Waals surface area (Å²) in [4.78, 5) is 31.0. The summed E-state index contributed by atoms with van der Waals surface area (Å²) in [5.41, 5.74) is 1.75. The summed E-state index contributed by atoms with van der Waals surface area (Å²) in [6.07, 6.45) is 1.18. The SMILES string of the molecule is CCOC(=O)C1CCN([C@@H](c2cc3cc(OCC)ccc3[nH]c2=O)c2nnnn2Cc2ccc(F)cc2)CC1. The second-order valence-corrected chi connectivity index (χ2v) is 9.52. The summed E-state index contributed by atoms with van der Waals surface area (Å²) in [7, 11) is 0. The number of rotatable bonds is 9. The average molecular weight is 535 g/mol. The van der Waals surface area contributed by atoms with Crippen LogP contribution in [0.2, 0.25) is 0 Å². The monoisotopic (exact) mass is 534 g/mol. The molecular formula is C28H31FN6O4. The molecule has 11 heteroatoms. The molecule has 2 aromatic carbocycles. The maximum absolute atomic E-state index is 13.5. The minimum atomic E-state index is -0.576. The second kappa shape index (κ2) is 11.7. The second-order valence-electron chi connectivity index (χ2n) is 9.52. The highest BCUT2D eigenvalue weighted by atomic mass is 19.1. The van der Waals surface area contributed by atoms with Crippen molar-refractivity contribution >= 4 is 16.9 Å². The van der Waals surface area contributed by atoms with E-state index in [0.29, 0.717) is 68.3 Å². The van der Waals surface area contributed by atoms with Crippen molar-refractivity contribution in [3.8, 4) is 5.75 Å². The zero-order chi connectivity index (χ0) is 27.4. The molecule has 4 aromatic rings. The Hall–Kier alpha value is -4.12. The minimum Gasteiger partial charge on any atom is -0.494 e. The number of tetrazole rings is 1. The van der Waals surface area contributed by atoms with Gasteiger partial charge in [-0.2, -0.15) is 0 Å². The number of piperidine rings is 1. The molecule has 0 aliphatic carbocycles. The predicted octanol–water partition coefficient (Wildman–Crippen LogP) is 3.47. The van der Waals surface area contributed by atoms with Gasteiger partial charge in [-0.15, -0.1) is 5.10 Å². The molecule has 0 amide bonds. The van der Waals surface area contributed by atoms with Gasteiger partial charge in [0.2, 0.25) is 0 Å². The van der Waals surface area contributed by atoms with Crippen LogP contribution >= 0.6 is 0 Å². The van der Waals surface area contributed by atoms with E-state index in [4.69, 9.17) is 9.47 Å². The third kappa shape index (κ3) is 5.83. The Morgan fingerprint density at radius 3 is 2.59 bits per heavy atom. The fraction of sp³-hybridized carbons (Fsp3) is 0.393. The number of fused-ring (bicyclic) bond motifs is 1. The van der Waals surface area contributed by atoms with E-state index in [1.54, 1.807) is 23.7 Å². The quantitative estimate of drug-likeness (QED) is 0.325. The van der Waals surface area contributed by atoms with Crippen molar-refractivity contribution in [3.63, 3.8) is 0 Å². The first-order valence-corrected chi connectivity index (χ1v) is 13.2. The Bertz CT molecular complexity index is 1490. The van der Waals surface area contributed by atoms with Crippen LogP contribution < -0.4 is 10.3 Å². The molecule has 1 atom stereocenters. The molecule has 204 valence electrons. The van der Waals surface area contributed by atoms with Gasteiger partial charge < -0.3 is 14.5 Å². The number of ether oxygens (including phenoxy) is 2. The largest absolute Gasteiger partial charge is 0.494 e. The summed E-state index contributed by atoms with van der Waals surface area (Å²) < 4.78 is 26.0. The third-order valence-corrected chi connectivity index (χ3v) is 7.01. The molecule has 1 fully saturated rings. The van der Waals surface area contributed by atoms with Gasteiger partial charge >= 0.3 is 5.97 Å². The van der Waals surface area contributed by atoms with Gasteiger partial charge in [-0.1, -0.05) is 12.1 Å². The molecular weight excluding hydrogens is 503 g/mol. The molecule has 3 heterocycles. The number of hydrogen-bond acceptors (Lipinski definition) is 8. The number of likely N-dealkylation sites (tertiary alicyclic amines) is 1. The van der Waals surface area contributed by atoms with Crippen molar-refractivity contribution in [2.24, 2.45) is 5.92 Å². The molecule has 1 saturated heterocycles. The number of carbonyl (C=O) groups is 1. The van der Waals surface area contributed by atoms with E-state index < -0.39 is 6.04 Å². The van der Waals surface area contributed by atoms with Crippen LogP contribution in [-0.2, 0) is 16.1 Å². The van der Waals surface area contributed by atoms with Crippen LogP contribution in [0.3, 0.4) is 0 Å². The van der Waals surface area contributed by atoms with Gasteiger partial charge in [-0.05, 0) is 79.1 Å². The molecule has 1 N–H and O–H groups in total. The molecule has 39 heavy (non-hydrogen) atoms. The smallest absolute Gasteiger partial charge is 0.309 e. The average Bonchev–Trinajstić information content (AvgIpc) is 3.39. The number of aromatic nitrogens is 5. The Morgan fingerprint density at radius 2 is 1.87 bits per heavy atom. The van der Waals surface area contributed by atoms with Gasteiger partial charge in [0.1, 0.15) is 17.6 Å². The maximum Gasteiger partial charge on any atom is 0.309 e. The predicted molar refractivity (Wildman–Crippen MR) is 142 cm³/mol. The van der Waals surface area contributed by atoms with Gasteiger partial charge in [0.05, 0.1) is 25.7 Å². The number of carbonyl (C=O) groups excluding carboxylic acids is 1. The van der Waals surface area contributed by atoms with Crippen molar-refractivity contribution in [1.29, 1.82) is 0 Å². The molecule has 10 nitrogen and oxygen atoms in total. The third-order valence-electron chi connectivity index (χ3n) is 7.01. The molecule has 0 saturated carbocycles. The lowest BCUT2D eigenvalue weighted by Crippen LogP contribution is -2.42. The van der Waals surface area contributed by atoms with Gasteiger partial charge in [0.15, 0.2) is 5.82 Å². The number of nitrogens with zero attached hydrogens (tertiary/aromatic N) is 5. The van der Waals surface area contributed by atoms with Crippen molar-refractivity contribution < 1.29 is 18.7 Å². The van der Waals surface area contributed by atoms with E-state index in [1.165, 1.54) is 12.1 Å². The Morgan fingerprint density at radius 1 is 1.10 bits per heavy atom. The van der Waals surface area contributed by atoms with Crippen LogP contribution in [0.15, 0.2) is 53.3 Å². The zero-order valence-electron chi connectivity index (χ0n) is 22.0. The summed E-state index contributed by atoms with van der Waals surface area (Å²) in [5.74, 6) is 0.477. The lowest BCUT2D eigenvalue weighted by Gasteiger charge is -2.36. The van der Waals surface area contributed by atoms with Crippen molar-refractivity contribution in [1.82, 2.24) is 30.1 Å². The number of esters is 1. The fourth-order valence-corrected chi connectivity index (χ4v) is 5.10. The maximum atomic E-state index is 13.5. The lowest BCUT2D eigenvalue weighted by molar-refractivity contribution is -0.149. The minimum absolute atomic E-state index is 0.193. The zero-order valence-corrected chi connectivity index (χ0v) is 22.0. The van der Waals surface area contributed by atoms with E-state index in [9.17, 15) is 14.0 Å². The first-order chi connectivity index (χ1) is 19.0. The van der Waals surface area contributed by atoms with Crippen LogP contribution in [0.4, 0.5) is 4.39 Å². The number of aromatic amines is 1. The number of halogens is 1. The first-order valence-electron chi connectivity index (χ1n) is 13.2. The van der Waals surface area contributed by atoms with Crippen LogP contribution in [0.1, 0.15) is 49.7 Å². The first kappa shape index (κ1) is 26.5. The van der Waals surface area contributed by atoms with Gasteiger partial charge in [0, 0.05) is 29.6 Å². The number of nitrogens with one attached hydrogen (secondary N) is 1. The van der Waals surface area contributed by atoms with Crippen LogP contribution in [0.5, 0.6) is 5.75 Å². The summed E-state index contributed by atoms with van der Waals surface area (Å²) in [6.45, 7) is 5.99. The lowest BCUT2D eigenvalue weighted by atomic mass is 9.94. The molecule has 0 spiro atoms. The molecule has 2 aromatic heterocycles. The number of hydrogen-bond donors (Lipinski definition) is 1. The normalized spacial score (nSPS) is 15.4. The van der Waals surface area contributed by atoms with Crippen molar-refractivity contribution in [2.45, 2.75) is 39.3 Å². The highest BCUT2D eigenvalue weighted by molar-refractivity contribution is 5.80. The summed E-state index contributed by atoms with van der Waals surface area (Å²) in [5, 5.41) is 13.3. The Balaban J connectivity index is 1.54. The topological polar surface area (TPSA) is 115 Å². The molecule has 0 bridgehead atoms. The van der Waals surface area contributed by atoms with Crippen LogP contribution in [-0.4, -0.2) is 62.4 Å². The van der Waals surface area contributed by atoms with Crippen LogP contribution in [0.25, 0.3) is 10.9 Å². The van der Waals surface area contributed by atoms with Gasteiger partial charge in [0.25, 0.3) is 5.56 Å². The van der Waals surface area contributed by atoms with E-state index >= 15 is 0 Å².